The number of carboxylic acid groups (broad SMARTS) is 1. The van der Waals surface area contributed by atoms with Crippen LogP contribution in [0.5, 0.6) is 0 Å². The van der Waals surface area contributed by atoms with Gasteiger partial charge in [-0.2, -0.15) is 0 Å². The van der Waals surface area contributed by atoms with Crippen molar-refractivity contribution in [3.63, 3.8) is 0 Å². The summed E-state index contributed by atoms with van der Waals surface area (Å²) in [5.74, 6) is -1.27. The summed E-state index contributed by atoms with van der Waals surface area (Å²) in [5.41, 5.74) is 0.203. The first kappa shape index (κ1) is 15.3. The first-order chi connectivity index (χ1) is 9.88. The minimum Gasteiger partial charge on any atom is -0.478 e. The topological polar surface area (TPSA) is 92.5 Å². The van der Waals surface area contributed by atoms with Gasteiger partial charge in [0.25, 0.3) is 5.69 Å². The largest absolute Gasteiger partial charge is 0.478 e. The molecule has 0 saturated heterocycles. The lowest BCUT2D eigenvalue weighted by Gasteiger charge is -2.11. The number of nitro benzene ring substituents is 1. The van der Waals surface area contributed by atoms with Crippen LogP contribution < -0.4 is 5.32 Å². The van der Waals surface area contributed by atoms with Gasteiger partial charge in [0.15, 0.2) is 0 Å². The summed E-state index contributed by atoms with van der Waals surface area (Å²) in [4.78, 5) is 21.3. The molecule has 0 amide bonds. The van der Waals surface area contributed by atoms with Gasteiger partial charge in [-0.25, -0.2) is 4.79 Å². The fourth-order valence-corrected chi connectivity index (χ4v) is 2.20. The number of hydrogen-bond acceptors (Lipinski definition) is 4. The van der Waals surface area contributed by atoms with Gasteiger partial charge in [-0.15, -0.1) is 0 Å². The molecule has 0 radical (unpaired) electrons. The van der Waals surface area contributed by atoms with E-state index in [1.54, 1.807) is 18.2 Å². The van der Waals surface area contributed by atoms with E-state index in [1.807, 2.05) is 0 Å². The van der Waals surface area contributed by atoms with Gasteiger partial charge in [-0.3, -0.25) is 10.1 Å². The second-order valence-corrected chi connectivity index (χ2v) is 5.36. The molecular formula is C13H8BrClN2O4. The zero-order valence-electron chi connectivity index (χ0n) is 10.3. The molecule has 0 aliphatic heterocycles. The van der Waals surface area contributed by atoms with Gasteiger partial charge in [0.05, 0.1) is 26.9 Å². The molecule has 0 atom stereocenters. The zero-order chi connectivity index (χ0) is 15.6. The smallest absolute Gasteiger partial charge is 0.338 e. The second kappa shape index (κ2) is 6.11. The fraction of sp³-hybridized carbons (Fsp3) is 0. The molecule has 2 aromatic carbocycles. The van der Waals surface area contributed by atoms with Crippen LogP contribution >= 0.6 is 27.5 Å². The molecule has 108 valence electrons. The average molecular weight is 372 g/mol. The van der Waals surface area contributed by atoms with Crippen molar-refractivity contribution >= 4 is 50.6 Å². The minimum absolute atomic E-state index is 0.208. The van der Waals surface area contributed by atoms with E-state index < -0.39 is 10.9 Å². The molecule has 0 heterocycles. The van der Waals surface area contributed by atoms with Crippen LogP contribution in [0.1, 0.15) is 10.4 Å². The van der Waals surface area contributed by atoms with Gasteiger partial charge in [0.2, 0.25) is 0 Å². The Morgan fingerprint density at radius 1 is 1.24 bits per heavy atom. The van der Waals surface area contributed by atoms with Crippen LogP contribution in [0, 0.1) is 10.1 Å². The van der Waals surface area contributed by atoms with Gasteiger partial charge >= 0.3 is 5.97 Å². The first-order valence-electron chi connectivity index (χ1n) is 5.62. The van der Waals surface area contributed by atoms with Gasteiger partial charge in [0.1, 0.15) is 0 Å². The Morgan fingerprint density at radius 2 is 1.95 bits per heavy atom. The summed E-state index contributed by atoms with van der Waals surface area (Å²) >= 11 is 9.30. The zero-order valence-corrected chi connectivity index (χ0v) is 12.7. The highest BCUT2D eigenvalue weighted by Gasteiger charge is 2.16. The highest BCUT2D eigenvalue weighted by Crippen LogP contribution is 2.31. The fourth-order valence-electron chi connectivity index (χ4n) is 1.67. The molecule has 0 aliphatic rings. The molecule has 0 saturated carbocycles. The van der Waals surface area contributed by atoms with E-state index in [0.29, 0.717) is 10.7 Å². The summed E-state index contributed by atoms with van der Waals surface area (Å²) in [6.07, 6.45) is 0. The van der Waals surface area contributed by atoms with Crippen molar-refractivity contribution < 1.29 is 14.8 Å². The first-order valence-corrected chi connectivity index (χ1v) is 6.79. The normalized spacial score (nSPS) is 10.2. The van der Waals surface area contributed by atoms with E-state index in [9.17, 15) is 14.9 Å². The molecule has 0 bridgehead atoms. The van der Waals surface area contributed by atoms with Crippen molar-refractivity contribution in [2.45, 2.75) is 0 Å². The van der Waals surface area contributed by atoms with Crippen LogP contribution in [-0.4, -0.2) is 16.0 Å². The highest BCUT2D eigenvalue weighted by molar-refractivity contribution is 9.10. The number of nitro groups is 1. The molecule has 2 N–H and O–H groups in total. The molecule has 21 heavy (non-hydrogen) atoms. The van der Waals surface area contributed by atoms with Crippen LogP contribution in [0.4, 0.5) is 17.1 Å². The van der Waals surface area contributed by atoms with Crippen molar-refractivity contribution in [2.24, 2.45) is 0 Å². The maximum absolute atomic E-state index is 11.2. The summed E-state index contributed by atoms with van der Waals surface area (Å²) in [5, 5.41) is 23.1. The number of rotatable bonds is 4. The minimum atomic E-state index is -1.27. The number of nitrogens with zero attached hydrogens (tertiary/aromatic N) is 1. The molecule has 0 aromatic heterocycles. The standard InChI is InChI=1S/C13H8BrClN2O4/c14-7-1-3-10(15)12(5-7)16-11-4-2-8(17(20)21)6-9(11)13(18)19/h1-6,16H,(H,18,19). The Labute approximate surface area is 132 Å². The van der Waals surface area contributed by atoms with Crippen LogP contribution in [0.15, 0.2) is 40.9 Å². The van der Waals surface area contributed by atoms with E-state index in [0.717, 1.165) is 10.5 Å². The lowest BCUT2D eigenvalue weighted by Crippen LogP contribution is -2.04. The SMILES string of the molecule is O=C(O)c1cc([N+](=O)[O-])ccc1Nc1cc(Br)ccc1Cl. The van der Waals surface area contributed by atoms with Crippen LogP contribution in [0.3, 0.4) is 0 Å². The van der Waals surface area contributed by atoms with Gasteiger partial charge in [-0.05, 0) is 24.3 Å². The molecule has 0 unspecified atom stereocenters. The Hall–Kier alpha value is -2.12. The second-order valence-electron chi connectivity index (χ2n) is 4.04. The predicted octanol–water partition coefficient (Wildman–Crippen LogP) is 4.45. The number of benzene rings is 2. The third-order valence-corrected chi connectivity index (χ3v) is 3.46. The van der Waals surface area contributed by atoms with E-state index >= 15 is 0 Å². The Kier molecular flexibility index (Phi) is 4.44. The molecule has 0 spiro atoms. The molecular weight excluding hydrogens is 364 g/mol. The van der Waals surface area contributed by atoms with E-state index in [2.05, 4.69) is 21.2 Å². The van der Waals surface area contributed by atoms with E-state index in [-0.39, 0.29) is 16.9 Å². The van der Waals surface area contributed by atoms with Gasteiger partial charge < -0.3 is 10.4 Å². The van der Waals surface area contributed by atoms with Crippen LogP contribution in [0.2, 0.25) is 5.02 Å². The van der Waals surface area contributed by atoms with Gasteiger partial charge in [0, 0.05) is 16.6 Å². The third-order valence-electron chi connectivity index (χ3n) is 2.64. The average Bonchev–Trinajstić information content (AvgIpc) is 2.42. The third kappa shape index (κ3) is 3.50. The number of hydrogen-bond donors (Lipinski definition) is 2. The molecule has 6 nitrogen and oxygen atoms in total. The van der Waals surface area contributed by atoms with Gasteiger partial charge in [-0.1, -0.05) is 27.5 Å². The molecule has 0 aliphatic carbocycles. The Bertz CT molecular complexity index is 736. The Balaban J connectivity index is 2.46. The number of non-ortho nitro benzene ring substituents is 1. The highest BCUT2D eigenvalue weighted by atomic mass is 79.9. The summed E-state index contributed by atoms with van der Waals surface area (Å²) < 4.78 is 0.758. The predicted molar refractivity (Wildman–Crippen MR) is 82.5 cm³/mol. The number of nitrogens with one attached hydrogen (secondary N) is 1. The molecule has 0 fully saturated rings. The maximum Gasteiger partial charge on any atom is 0.338 e. The molecule has 2 aromatic rings. The monoisotopic (exact) mass is 370 g/mol. The summed E-state index contributed by atoms with van der Waals surface area (Å²) in [7, 11) is 0. The van der Waals surface area contributed by atoms with Crippen molar-refractivity contribution in [1.82, 2.24) is 0 Å². The number of aromatic carboxylic acids is 1. The van der Waals surface area contributed by atoms with E-state index in [1.165, 1.54) is 12.1 Å². The van der Waals surface area contributed by atoms with Crippen molar-refractivity contribution in [3.05, 3.63) is 61.6 Å². The number of carboxylic acids is 1. The Morgan fingerprint density at radius 3 is 2.57 bits per heavy atom. The summed E-state index contributed by atoms with van der Waals surface area (Å²) in [6.45, 7) is 0. The van der Waals surface area contributed by atoms with Crippen molar-refractivity contribution in [1.29, 1.82) is 0 Å². The molecule has 8 heteroatoms. The van der Waals surface area contributed by atoms with Crippen molar-refractivity contribution in [3.8, 4) is 0 Å². The van der Waals surface area contributed by atoms with Crippen molar-refractivity contribution in [2.75, 3.05) is 5.32 Å². The summed E-state index contributed by atoms with van der Waals surface area (Å²) in [6, 6.07) is 8.60. The van der Waals surface area contributed by atoms with E-state index in [4.69, 9.17) is 16.7 Å². The maximum atomic E-state index is 11.2. The van der Waals surface area contributed by atoms with Crippen LogP contribution in [0.25, 0.3) is 0 Å². The number of anilines is 2. The van der Waals surface area contributed by atoms with Crippen LogP contribution in [-0.2, 0) is 0 Å². The lowest BCUT2D eigenvalue weighted by molar-refractivity contribution is -0.384. The quantitative estimate of drug-likeness (QED) is 0.612. The number of carbonyl (C=O) groups is 1. The number of halogens is 2. The lowest BCUT2D eigenvalue weighted by atomic mass is 10.1. The molecule has 2 rings (SSSR count).